The molecule has 0 bridgehead atoms. The van der Waals surface area contributed by atoms with Crippen molar-refractivity contribution in [1.29, 1.82) is 0 Å². The molecule has 0 radical (unpaired) electrons. The third-order valence-corrected chi connectivity index (χ3v) is 3.51. The van der Waals surface area contributed by atoms with Crippen LogP contribution in [-0.4, -0.2) is 19.6 Å². The molecular formula is C15H24N2. The van der Waals surface area contributed by atoms with Gasteiger partial charge in [-0.2, -0.15) is 0 Å². The number of hydrogen-bond acceptors (Lipinski definition) is 2. The van der Waals surface area contributed by atoms with Crippen LogP contribution < -0.4 is 10.6 Å². The summed E-state index contributed by atoms with van der Waals surface area (Å²) in [7, 11) is 0. The Bertz CT molecular complexity index is 342. The molecule has 1 fully saturated rings. The van der Waals surface area contributed by atoms with Crippen molar-refractivity contribution < 1.29 is 0 Å². The largest absolute Gasteiger partial charge is 0.385 e. The minimum Gasteiger partial charge on any atom is -0.385 e. The summed E-state index contributed by atoms with van der Waals surface area (Å²) in [5.74, 6) is 0.789. The van der Waals surface area contributed by atoms with Gasteiger partial charge in [0.05, 0.1) is 0 Å². The molecule has 1 atom stereocenters. The Kier molecular flexibility index (Phi) is 3.72. The molecule has 1 heterocycles. The van der Waals surface area contributed by atoms with Gasteiger partial charge in [-0.15, -0.1) is 0 Å². The SMILES string of the molecule is CC(C)(C)c1ccc(NCC2CCNC2)cc1. The van der Waals surface area contributed by atoms with E-state index in [1.807, 2.05) is 0 Å². The minimum absolute atomic E-state index is 0.244. The molecule has 0 amide bonds. The van der Waals surface area contributed by atoms with Crippen LogP contribution in [0.25, 0.3) is 0 Å². The Labute approximate surface area is 105 Å². The van der Waals surface area contributed by atoms with E-state index in [1.165, 1.54) is 24.2 Å². The van der Waals surface area contributed by atoms with Crippen molar-refractivity contribution in [3.8, 4) is 0 Å². The van der Waals surface area contributed by atoms with E-state index in [-0.39, 0.29) is 5.41 Å². The third-order valence-electron chi connectivity index (χ3n) is 3.51. The topological polar surface area (TPSA) is 24.1 Å². The molecule has 1 aliphatic heterocycles. The second kappa shape index (κ2) is 5.09. The van der Waals surface area contributed by atoms with E-state index < -0.39 is 0 Å². The average molecular weight is 232 g/mol. The number of nitrogens with one attached hydrogen (secondary N) is 2. The number of rotatable bonds is 3. The van der Waals surface area contributed by atoms with E-state index in [2.05, 4.69) is 55.7 Å². The van der Waals surface area contributed by atoms with Gasteiger partial charge >= 0.3 is 0 Å². The summed E-state index contributed by atoms with van der Waals surface area (Å²) in [6.45, 7) is 10.2. The molecule has 1 unspecified atom stereocenters. The fourth-order valence-electron chi connectivity index (χ4n) is 2.24. The molecule has 0 aliphatic carbocycles. The molecular weight excluding hydrogens is 208 g/mol. The van der Waals surface area contributed by atoms with Crippen molar-refractivity contribution in [2.75, 3.05) is 25.0 Å². The molecule has 2 N–H and O–H groups in total. The van der Waals surface area contributed by atoms with Crippen LogP contribution in [0.2, 0.25) is 0 Å². The molecule has 0 aromatic heterocycles. The fraction of sp³-hybridized carbons (Fsp3) is 0.600. The highest BCUT2D eigenvalue weighted by Gasteiger charge is 2.15. The summed E-state index contributed by atoms with van der Waals surface area (Å²) in [6.07, 6.45) is 1.30. The molecule has 2 heteroatoms. The number of hydrogen-bond donors (Lipinski definition) is 2. The predicted octanol–water partition coefficient (Wildman–Crippen LogP) is 3.01. The van der Waals surface area contributed by atoms with E-state index in [1.54, 1.807) is 0 Å². The maximum Gasteiger partial charge on any atom is 0.0340 e. The van der Waals surface area contributed by atoms with Gasteiger partial charge in [0.15, 0.2) is 0 Å². The van der Waals surface area contributed by atoms with Gasteiger partial charge in [-0.3, -0.25) is 0 Å². The normalized spacial score (nSPS) is 20.5. The predicted molar refractivity (Wildman–Crippen MR) is 74.6 cm³/mol. The maximum atomic E-state index is 3.53. The zero-order valence-electron chi connectivity index (χ0n) is 11.2. The first-order chi connectivity index (χ1) is 8.05. The molecule has 2 rings (SSSR count). The summed E-state index contributed by atoms with van der Waals surface area (Å²) in [4.78, 5) is 0. The van der Waals surface area contributed by atoms with Crippen LogP contribution in [-0.2, 0) is 5.41 Å². The van der Waals surface area contributed by atoms with Crippen LogP contribution in [0.4, 0.5) is 5.69 Å². The molecule has 0 spiro atoms. The van der Waals surface area contributed by atoms with Gasteiger partial charge in [0.25, 0.3) is 0 Å². The van der Waals surface area contributed by atoms with Gasteiger partial charge in [-0.05, 0) is 48.5 Å². The van der Waals surface area contributed by atoms with Crippen LogP contribution in [0.3, 0.4) is 0 Å². The van der Waals surface area contributed by atoms with Crippen molar-refractivity contribution in [3.05, 3.63) is 29.8 Å². The van der Waals surface area contributed by atoms with Gasteiger partial charge < -0.3 is 10.6 Å². The van der Waals surface area contributed by atoms with Crippen LogP contribution in [0.5, 0.6) is 0 Å². The van der Waals surface area contributed by atoms with Crippen molar-refractivity contribution in [1.82, 2.24) is 5.32 Å². The van der Waals surface area contributed by atoms with E-state index in [4.69, 9.17) is 0 Å². The lowest BCUT2D eigenvalue weighted by Gasteiger charge is -2.19. The fourth-order valence-corrected chi connectivity index (χ4v) is 2.24. The Morgan fingerprint density at radius 3 is 2.47 bits per heavy atom. The van der Waals surface area contributed by atoms with Gasteiger partial charge in [0, 0.05) is 12.2 Å². The monoisotopic (exact) mass is 232 g/mol. The van der Waals surface area contributed by atoms with Crippen molar-refractivity contribution in [2.24, 2.45) is 5.92 Å². The maximum absolute atomic E-state index is 3.53. The zero-order valence-corrected chi connectivity index (χ0v) is 11.2. The molecule has 0 saturated carbocycles. The summed E-state index contributed by atoms with van der Waals surface area (Å²) >= 11 is 0. The average Bonchev–Trinajstić information content (AvgIpc) is 2.78. The second-order valence-electron chi connectivity index (χ2n) is 6.07. The molecule has 1 saturated heterocycles. The lowest BCUT2D eigenvalue weighted by molar-refractivity contribution is 0.590. The molecule has 94 valence electrons. The number of anilines is 1. The van der Waals surface area contributed by atoms with E-state index >= 15 is 0 Å². The molecule has 2 nitrogen and oxygen atoms in total. The lowest BCUT2D eigenvalue weighted by atomic mass is 9.87. The Hall–Kier alpha value is -1.02. The van der Waals surface area contributed by atoms with E-state index in [9.17, 15) is 0 Å². The van der Waals surface area contributed by atoms with Gasteiger partial charge in [-0.25, -0.2) is 0 Å². The lowest BCUT2D eigenvalue weighted by Crippen LogP contribution is -2.17. The van der Waals surface area contributed by atoms with Gasteiger partial charge in [0.2, 0.25) is 0 Å². The quantitative estimate of drug-likeness (QED) is 0.837. The van der Waals surface area contributed by atoms with Gasteiger partial charge in [0.1, 0.15) is 0 Å². The Balaban J connectivity index is 1.89. The molecule has 1 aliphatic rings. The van der Waals surface area contributed by atoms with Crippen molar-refractivity contribution in [3.63, 3.8) is 0 Å². The zero-order chi connectivity index (χ0) is 12.3. The highest BCUT2D eigenvalue weighted by molar-refractivity contribution is 5.45. The van der Waals surface area contributed by atoms with Gasteiger partial charge in [-0.1, -0.05) is 32.9 Å². The van der Waals surface area contributed by atoms with Crippen molar-refractivity contribution in [2.45, 2.75) is 32.6 Å². The Morgan fingerprint density at radius 1 is 1.24 bits per heavy atom. The van der Waals surface area contributed by atoms with Crippen LogP contribution in [0.15, 0.2) is 24.3 Å². The van der Waals surface area contributed by atoms with E-state index in [0.29, 0.717) is 0 Å². The summed E-state index contributed by atoms with van der Waals surface area (Å²) in [5, 5.41) is 6.92. The van der Waals surface area contributed by atoms with Crippen LogP contribution in [0, 0.1) is 5.92 Å². The highest BCUT2D eigenvalue weighted by atomic mass is 14.9. The summed E-state index contributed by atoms with van der Waals surface area (Å²) < 4.78 is 0. The standard InChI is InChI=1S/C15H24N2/c1-15(2,3)13-4-6-14(7-5-13)17-11-12-8-9-16-10-12/h4-7,12,16-17H,8-11H2,1-3H3. The number of benzene rings is 1. The van der Waals surface area contributed by atoms with Crippen molar-refractivity contribution >= 4 is 5.69 Å². The molecule has 17 heavy (non-hydrogen) atoms. The van der Waals surface area contributed by atoms with E-state index in [0.717, 1.165) is 19.0 Å². The second-order valence-corrected chi connectivity index (χ2v) is 6.07. The summed E-state index contributed by atoms with van der Waals surface area (Å²) in [6, 6.07) is 8.86. The minimum atomic E-state index is 0.244. The van der Waals surface area contributed by atoms with Crippen LogP contribution in [0.1, 0.15) is 32.8 Å². The van der Waals surface area contributed by atoms with Crippen LogP contribution >= 0.6 is 0 Å². The first-order valence-corrected chi connectivity index (χ1v) is 6.61. The highest BCUT2D eigenvalue weighted by Crippen LogP contribution is 2.23. The summed E-state index contributed by atoms with van der Waals surface area (Å²) in [5.41, 5.74) is 2.88. The molecule has 1 aromatic rings. The molecule has 1 aromatic carbocycles. The smallest absolute Gasteiger partial charge is 0.0340 e. The Morgan fingerprint density at radius 2 is 1.94 bits per heavy atom. The first kappa shape index (κ1) is 12.4. The first-order valence-electron chi connectivity index (χ1n) is 6.61. The third kappa shape index (κ3) is 3.47.